The Labute approximate surface area is 126 Å². The lowest BCUT2D eigenvalue weighted by molar-refractivity contribution is 0.159. The van der Waals surface area contributed by atoms with E-state index in [4.69, 9.17) is 4.74 Å². The molecule has 0 aliphatic heterocycles. The zero-order chi connectivity index (χ0) is 15.7. The van der Waals surface area contributed by atoms with Crippen LogP contribution < -0.4 is 15.4 Å². The summed E-state index contributed by atoms with van der Waals surface area (Å²) in [4.78, 5) is 11.6. The van der Waals surface area contributed by atoms with Crippen LogP contribution in [0, 0.1) is 6.92 Å². The minimum absolute atomic E-state index is 0.0957. The Morgan fingerprint density at radius 2 is 2.19 bits per heavy atom. The van der Waals surface area contributed by atoms with Gasteiger partial charge >= 0.3 is 6.03 Å². The Hall–Kier alpha value is -1.75. The van der Waals surface area contributed by atoms with Crippen LogP contribution in [0.4, 0.5) is 4.79 Å². The number of carbonyl (C=O) groups is 1. The van der Waals surface area contributed by atoms with Crippen molar-refractivity contribution in [2.75, 3.05) is 13.2 Å². The Morgan fingerprint density at radius 3 is 2.86 bits per heavy atom. The van der Waals surface area contributed by atoms with Gasteiger partial charge in [0.15, 0.2) is 0 Å². The molecule has 0 aliphatic carbocycles. The highest BCUT2D eigenvalue weighted by Gasteiger charge is 2.08. The number of nitrogens with one attached hydrogen (secondary N) is 2. The van der Waals surface area contributed by atoms with Gasteiger partial charge in [0.1, 0.15) is 12.4 Å². The van der Waals surface area contributed by atoms with Crippen LogP contribution in [-0.2, 0) is 0 Å². The Balaban J connectivity index is 2.20. The zero-order valence-corrected chi connectivity index (χ0v) is 13.1. The molecule has 0 bridgehead atoms. The van der Waals surface area contributed by atoms with E-state index in [1.165, 1.54) is 0 Å². The molecule has 0 aromatic heterocycles. The van der Waals surface area contributed by atoms with E-state index in [-0.39, 0.29) is 18.2 Å². The van der Waals surface area contributed by atoms with Gasteiger partial charge in [0.25, 0.3) is 0 Å². The molecule has 3 N–H and O–H groups in total. The summed E-state index contributed by atoms with van der Waals surface area (Å²) in [5, 5.41) is 14.9. The van der Waals surface area contributed by atoms with Gasteiger partial charge in [0, 0.05) is 6.54 Å². The number of aryl methyl sites for hydroxylation is 1. The molecule has 2 amide bonds. The van der Waals surface area contributed by atoms with E-state index in [2.05, 4.69) is 10.6 Å². The zero-order valence-electron chi connectivity index (χ0n) is 13.1. The molecule has 1 rings (SSSR count). The molecule has 5 nitrogen and oxygen atoms in total. The number of rotatable bonds is 8. The smallest absolute Gasteiger partial charge is 0.315 e. The van der Waals surface area contributed by atoms with Crippen LogP contribution in [0.2, 0.25) is 0 Å². The third kappa shape index (κ3) is 7.56. The maximum Gasteiger partial charge on any atom is 0.315 e. The van der Waals surface area contributed by atoms with Crippen LogP contribution in [0.15, 0.2) is 24.3 Å². The number of carbonyl (C=O) groups excluding carboxylic acids is 1. The fourth-order valence-corrected chi connectivity index (χ4v) is 1.80. The van der Waals surface area contributed by atoms with E-state index in [0.29, 0.717) is 26.0 Å². The first kappa shape index (κ1) is 17.3. The van der Waals surface area contributed by atoms with Crippen LogP contribution >= 0.6 is 0 Å². The maximum atomic E-state index is 11.6. The van der Waals surface area contributed by atoms with E-state index in [0.717, 1.165) is 11.3 Å². The summed E-state index contributed by atoms with van der Waals surface area (Å²) in [6.45, 7) is 6.68. The topological polar surface area (TPSA) is 70.6 Å². The number of aliphatic hydroxyl groups excluding tert-OH is 1. The van der Waals surface area contributed by atoms with Crippen molar-refractivity contribution in [3.8, 4) is 5.75 Å². The SMILES string of the molecule is CCC(O)CCNC(=O)NC(C)COc1cccc(C)c1. The van der Waals surface area contributed by atoms with Crippen molar-refractivity contribution >= 4 is 6.03 Å². The number of hydrogen-bond donors (Lipinski definition) is 3. The number of hydrogen-bond acceptors (Lipinski definition) is 3. The van der Waals surface area contributed by atoms with Crippen LogP contribution in [0.25, 0.3) is 0 Å². The highest BCUT2D eigenvalue weighted by Crippen LogP contribution is 2.12. The molecule has 118 valence electrons. The molecule has 0 radical (unpaired) electrons. The Kier molecular flexibility index (Phi) is 7.61. The number of benzene rings is 1. The third-order valence-electron chi connectivity index (χ3n) is 3.10. The molecule has 21 heavy (non-hydrogen) atoms. The van der Waals surface area contributed by atoms with Gasteiger partial charge in [-0.3, -0.25) is 0 Å². The summed E-state index contributed by atoms with van der Waals surface area (Å²) in [7, 11) is 0. The standard InChI is InChI=1S/C16H26N2O3/c1-4-14(19)8-9-17-16(20)18-13(3)11-21-15-7-5-6-12(2)10-15/h5-7,10,13-14,19H,4,8-9,11H2,1-3H3,(H2,17,18,20). The highest BCUT2D eigenvalue weighted by molar-refractivity contribution is 5.74. The second-order valence-electron chi connectivity index (χ2n) is 5.28. The van der Waals surface area contributed by atoms with E-state index in [1.54, 1.807) is 0 Å². The summed E-state index contributed by atoms with van der Waals surface area (Å²) in [6, 6.07) is 7.46. The van der Waals surface area contributed by atoms with E-state index < -0.39 is 0 Å². The fourth-order valence-electron chi connectivity index (χ4n) is 1.80. The van der Waals surface area contributed by atoms with Crippen molar-refractivity contribution in [2.45, 2.75) is 45.8 Å². The van der Waals surface area contributed by atoms with Crippen molar-refractivity contribution in [3.05, 3.63) is 29.8 Å². The highest BCUT2D eigenvalue weighted by atomic mass is 16.5. The molecular formula is C16H26N2O3. The van der Waals surface area contributed by atoms with Crippen LogP contribution in [0.5, 0.6) is 5.75 Å². The van der Waals surface area contributed by atoms with Crippen molar-refractivity contribution in [3.63, 3.8) is 0 Å². The van der Waals surface area contributed by atoms with Crippen molar-refractivity contribution in [1.82, 2.24) is 10.6 Å². The summed E-state index contributed by atoms with van der Waals surface area (Å²) in [5.41, 5.74) is 1.14. The van der Waals surface area contributed by atoms with E-state index in [1.807, 2.05) is 45.0 Å². The van der Waals surface area contributed by atoms with Crippen LogP contribution in [0.3, 0.4) is 0 Å². The van der Waals surface area contributed by atoms with Gasteiger partial charge in [-0.2, -0.15) is 0 Å². The van der Waals surface area contributed by atoms with Gasteiger partial charge in [-0.05, 0) is 44.4 Å². The molecule has 0 aliphatic rings. The molecule has 0 fully saturated rings. The molecular weight excluding hydrogens is 268 g/mol. The first-order chi connectivity index (χ1) is 10.0. The van der Waals surface area contributed by atoms with Gasteiger partial charge in [-0.25, -0.2) is 4.79 Å². The molecule has 0 saturated heterocycles. The van der Waals surface area contributed by atoms with Gasteiger partial charge in [-0.1, -0.05) is 19.1 Å². The normalized spacial score (nSPS) is 13.3. The summed E-state index contributed by atoms with van der Waals surface area (Å²) >= 11 is 0. The maximum absolute atomic E-state index is 11.6. The van der Waals surface area contributed by atoms with Gasteiger partial charge in [0.05, 0.1) is 12.1 Å². The number of urea groups is 1. The Morgan fingerprint density at radius 1 is 1.43 bits per heavy atom. The monoisotopic (exact) mass is 294 g/mol. The van der Waals surface area contributed by atoms with Gasteiger partial charge in [0.2, 0.25) is 0 Å². The molecule has 5 heteroatoms. The van der Waals surface area contributed by atoms with E-state index >= 15 is 0 Å². The molecule has 2 atom stereocenters. The predicted octanol–water partition coefficient (Wildman–Crippen LogP) is 2.22. The minimum atomic E-state index is -0.354. The third-order valence-corrected chi connectivity index (χ3v) is 3.10. The number of amides is 2. The number of ether oxygens (including phenoxy) is 1. The van der Waals surface area contributed by atoms with Gasteiger partial charge < -0.3 is 20.5 Å². The summed E-state index contributed by atoms with van der Waals surface area (Å²) in [6.07, 6.45) is 0.912. The molecule has 0 spiro atoms. The van der Waals surface area contributed by atoms with Crippen molar-refractivity contribution in [2.24, 2.45) is 0 Å². The number of aliphatic hydroxyl groups is 1. The lowest BCUT2D eigenvalue weighted by atomic mass is 10.2. The molecule has 0 saturated carbocycles. The largest absolute Gasteiger partial charge is 0.491 e. The first-order valence-corrected chi connectivity index (χ1v) is 7.43. The van der Waals surface area contributed by atoms with Gasteiger partial charge in [-0.15, -0.1) is 0 Å². The fraction of sp³-hybridized carbons (Fsp3) is 0.562. The quantitative estimate of drug-likeness (QED) is 0.688. The van der Waals surface area contributed by atoms with Crippen LogP contribution in [-0.4, -0.2) is 36.4 Å². The lowest BCUT2D eigenvalue weighted by Gasteiger charge is -2.16. The second kappa shape index (κ2) is 9.23. The molecule has 1 aromatic rings. The second-order valence-corrected chi connectivity index (χ2v) is 5.28. The van der Waals surface area contributed by atoms with Crippen molar-refractivity contribution < 1.29 is 14.6 Å². The molecule has 2 unspecified atom stereocenters. The Bertz CT molecular complexity index is 437. The van der Waals surface area contributed by atoms with Crippen molar-refractivity contribution in [1.29, 1.82) is 0 Å². The average Bonchev–Trinajstić information content (AvgIpc) is 2.45. The van der Waals surface area contributed by atoms with Crippen LogP contribution in [0.1, 0.15) is 32.3 Å². The predicted molar refractivity (Wildman–Crippen MR) is 83.6 cm³/mol. The lowest BCUT2D eigenvalue weighted by Crippen LogP contribution is -2.43. The summed E-state index contributed by atoms with van der Waals surface area (Å²) in [5.74, 6) is 0.801. The average molecular weight is 294 g/mol. The molecule has 1 aromatic carbocycles. The minimum Gasteiger partial charge on any atom is -0.491 e. The first-order valence-electron chi connectivity index (χ1n) is 7.43. The van der Waals surface area contributed by atoms with E-state index in [9.17, 15) is 9.90 Å². The molecule has 0 heterocycles. The summed E-state index contributed by atoms with van der Waals surface area (Å²) < 4.78 is 5.63.